The van der Waals surface area contributed by atoms with Gasteiger partial charge in [-0.15, -0.1) is 0 Å². The van der Waals surface area contributed by atoms with E-state index in [2.05, 4.69) is 5.32 Å². The number of piperidine rings is 2. The number of aryl methyl sites for hydroxylation is 1. The van der Waals surface area contributed by atoms with Crippen LogP contribution >= 0.6 is 0 Å². The summed E-state index contributed by atoms with van der Waals surface area (Å²) in [5.74, 6) is -0.184. The van der Waals surface area contributed by atoms with Crippen molar-refractivity contribution in [1.29, 1.82) is 0 Å². The first-order valence-electron chi connectivity index (χ1n) is 11.9. The molecular formula is C26H29FN4O4. The zero-order chi connectivity index (χ0) is 24.7. The molecule has 2 aliphatic heterocycles. The molecule has 2 unspecified atom stereocenters. The number of methoxy groups -OCH3 is 1. The number of hydrogen-bond donors (Lipinski definition) is 1. The number of carbonyl (C=O) groups excluding carboxylic acids is 2. The van der Waals surface area contributed by atoms with Gasteiger partial charge in [-0.05, 0) is 54.8 Å². The number of alkyl halides is 1. The number of imidazole rings is 1. The Kier molecular flexibility index (Phi) is 6.19. The standard InChI is InChI=1S/C26H29FN4O4/c1-29-23-13-17(19-11-12-28-14-20(19)27)5-8-21(23)31(26(29)34)22-9-10-24(32)30(25(22)33)15-16-3-6-18(35-2)7-4-16/h3-8,13,19-20,22,28H,9-12,14-15H2,1-2H3/t19?,20-,22?/m1/s1. The highest BCUT2D eigenvalue weighted by Crippen LogP contribution is 2.32. The summed E-state index contributed by atoms with van der Waals surface area (Å²) in [5.41, 5.74) is 2.60. The zero-order valence-electron chi connectivity index (χ0n) is 19.9. The number of aromatic nitrogens is 2. The lowest BCUT2D eigenvalue weighted by molar-refractivity contribution is -0.151. The maximum Gasteiger partial charge on any atom is 0.329 e. The van der Waals surface area contributed by atoms with Crippen molar-refractivity contribution in [2.75, 3.05) is 20.2 Å². The van der Waals surface area contributed by atoms with Crippen LogP contribution in [0.2, 0.25) is 0 Å². The first-order chi connectivity index (χ1) is 16.9. The summed E-state index contributed by atoms with van der Waals surface area (Å²) in [4.78, 5) is 40.7. The van der Waals surface area contributed by atoms with Gasteiger partial charge in [0.05, 0.1) is 24.7 Å². The van der Waals surface area contributed by atoms with Crippen LogP contribution in [0.15, 0.2) is 47.3 Å². The van der Waals surface area contributed by atoms with Gasteiger partial charge in [0.25, 0.3) is 5.91 Å². The van der Waals surface area contributed by atoms with Crippen molar-refractivity contribution in [3.05, 3.63) is 64.1 Å². The predicted molar refractivity (Wildman–Crippen MR) is 129 cm³/mol. The molecule has 0 radical (unpaired) electrons. The van der Waals surface area contributed by atoms with Gasteiger partial charge in [0, 0.05) is 25.9 Å². The molecule has 2 fully saturated rings. The van der Waals surface area contributed by atoms with Crippen molar-refractivity contribution in [2.24, 2.45) is 7.05 Å². The fourth-order valence-electron chi connectivity index (χ4n) is 5.25. The number of benzene rings is 2. The average molecular weight is 481 g/mol. The second-order valence-corrected chi connectivity index (χ2v) is 9.30. The molecule has 0 aliphatic carbocycles. The molecule has 0 saturated carbocycles. The fraction of sp³-hybridized carbons (Fsp3) is 0.423. The molecule has 1 aromatic heterocycles. The first kappa shape index (κ1) is 23.3. The highest BCUT2D eigenvalue weighted by Gasteiger charge is 2.37. The van der Waals surface area contributed by atoms with Crippen molar-refractivity contribution in [2.45, 2.75) is 43.9 Å². The van der Waals surface area contributed by atoms with E-state index in [9.17, 15) is 18.8 Å². The second-order valence-electron chi connectivity index (χ2n) is 9.30. The molecule has 9 heteroatoms. The highest BCUT2D eigenvalue weighted by molar-refractivity contribution is 6.00. The Bertz CT molecular complexity index is 1330. The molecule has 0 spiro atoms. The molecule has 2 saturated heterocycles. The van der Waals surface area contributed by atoms with Gasteiger partial charge >= 0.3 is 5.69 Å². The maximum absolute atomic E-state index is 14.5. The summed E-state index contributed by atoms with van der Waals surface area (Å²) in [7, 11) is 3.23. The number of ether oxygens (including phenoxy) is 1. The lowest BCUT2D eigenvalue weighted by Gasteiger charge is -2.31. The van der Waals surface area contributed by atoms with Crippen LogP contribution in [-0.4, -0.2) is 52.2 Å². The minimum Gasteiger partial charge on any atom is -0.497 e. The Morgan fingerprint density at radius 3 is 2.54 bits per heavy atom. The molecule has 2 aliphatic rings. The molecule has 0 bridgehead atoms. The van der Waals surface area contributed by atoms with E-state index in [-0.39, 0.29) is 36.9 Å². The number of imide groups is 1. The van der Waals surface area contributed by atoms with E-state index in [0.29, 0.717) is 29.7 Å². The molecule has 3 atom stereocenters. The van der Waals surface area contributed by atoms with E-state index >= 15 is 0 Å². The molecule has 2 amide bonds. The molecule has 35 heavy (non-hydrogen) atoms. The number of halogens is 1. The molecule has 1 N–H and O–H groups in total. The van der Waals surface area contributed by atoms with E-state index in [1.54, 1.807) is 32.4 Å². The van der Waals surface area contributed by atoms with Crippen LogP contribution in [0.4, 0.5) is 4.39 Å². The van der Waals surface area contributed by atoms with Crippen LogP contribution in [0.25, 0.3) is 11.0 Å². The van der Waals surface area contributed by atoms with Crippen LogP contribution in [0.5, 0.6) is 5.75 Å². The van der Waals surface area contributed by atoms with E-state index < -0.39 is 18.1 Å². The number of carbonyl (C=O) groups is 2. The Balaban J connectivity index is 1.47. The van der Waals surface area contributed by atoms with Gasteiger partial charge in [-0.2, -0.15) is 0 Å². The summed E-state index contributed by atoms with van der Waals surface area (Å²) in [6, 6.07) is 11.9. The van der Waals surface area contributed by atoms with Gasteiger partial charge in [0.1, 0.15) is 18.0 Å². The lowest BCUT2D eigenvalue weighted by Crippen LogP contribution is -2.47. The number of nitrogens with zero attached hydrogens (tertiary/aromatic N) is 3. The normalized spacial score (nSPS) is 23.2. The quantitative estimate of drug-likeness (QED) is 0.568. The Morgan fingerprint density at radius 1 is 1.06 bits per heavy atom. The molecule has 184 valence electrons. The van der Waals surface area contributed by atoms with E-state index in [4.69, 9.17) is 4.74 Å². The number of hydrogen-bond acceptors (Lipinski definition) is 5. The van der Waals surface area contributed by atoms with Crippen molar-refractivity contribution in [3.63, 3.8) is 0 Å². The molecule has 5 rings (SSSR count). The first-order valence-corrected chi connectivity index (χ1v) is 11.9. The molecule has 3 heterocycles. The number of likely N-dealkylation sites (tertiary alicyclic amines) is 1. The zero-order valence-corrected chi connectivity index (χ0v) is 19.9. The summed E-state index contributed by atoms with van der Waals surface area (Å²) in [5, 5.41) is 3.06. The monoisotopic (exact) mass is 480 g/mol. The topological polar surface area (TPSA) is 85.6 Å². The Labute approximate surface area is 202 Å². The summed E-state index contributed by atoms with van der Waals surface area (Å²) in [6.07, 6.45) is 0.132. The summed E-state index contributed by atoms with van der Waals surface area (Å²) >= 11 is 0. The van der Waals surface area contributed by atoms with Crippen LogP contribution in [0.3, 0.4) is 0 Å². The van der Waals surface area contributed by atoms with Gasteiger partial charge in [0.15, 0.2) is 0 Å². The van der Waals surface area contributed by atoms with Gasteiger partial charge in [0.2, 0.25) is 5.91 Å². The smallest absolute Gasteiger partial charge is 0.329 e. The van der Waals surface area contributed by atoms with Gasteiger partial charge in [-0.3, -0.25) is 23.6 Å². The van der Waals surface area contributed by atoms with Crippen molar-refractivity contribution >= 4 is 22.8 Å². The van der Waals surface area contributed by atoms with Crippen molar-refractivity contribution in [3.8, 4) is 5.75 Å². The number of amides is 2. The third kappa shape index (κ3) is 4.14. The lowest BCUT2D eigenvalue weighted by atomic mass is 9.88. The number of fused-ring (bicyclic) bond motifs is 1. The van der Waals surface area contributed by atoms with Crippen molar-refractivity contribution in [1.82, 2.24) is 19.4 Å². The van der Waals surface area contributed by atoms with Crippen molar-refractivity contribution < 1.29 is 18.7 Å². The summed E-state index contributed by atoms with van der Waals surface area (Å²) < 4.78 is 22.7. The molecular weight excluding hydrogens is 451 g/mol. The number of nitrogens with one attached hydrogen (secondary N) is 1. The van der Waals surface area contributed by atoms with Crippen LogP contribution < -0.4 is 15.7 Å². The fourth-order valence-corrected chi connectivity index (χ4v) is 5.25. The van der Waals surface area contributed by atoms with Gasteiger partial charge < -0.3 is 10.1 Å². The van der Waals surface area contributed by atoms with Crippen LogP contribution in [-0.2, 0) is 23.2 Å². The van der Waals surface area contributed by atoms with E-state index in [1.807, 2.05) is 24.3 Å². The third-order valence-corrected chi connectivity index (χ3v) is 7.24. The van der Waals surface area contributed by atoms with E-state index in [1.165, 1.54) is 14.0 Å². The number of rotatable bonds is 5. The van der Waals surface area contributed by atoms with Crippen LogP contribution in [0, 0.1) is 0 Å². The SMILES string of the molecule is COc1ccc(CN2C(=O)CCC(n3c(=O)n(C)c4cc(C5CCNC[C@H]5F)ccc43)C2=O)cc1. The largest absolute Gasteiger partial charge is 0.497 e. The predicted octanol–water partition coefficient (Wildman–Crippen LogP) is 2.65. The molecule has 8 nitrogen and oxygen atoms in total. The third-order valence-electron chi connectivity index (χ3n) is 7.24. The molecule has 3 aromatic rings. The van der Waals surface area contributed by atoms with Gasteiger partial charge in [-0.25, -0.2) is 9.18 Å². The minimum atomic E-state index is -0.988. The summed E-state index contributed by atoms with van der Waals surface area (Å²) in [6.45, 7) is 1.20. The highest BCUT2D eigenvalue weighted by atomic mass is 19.1. The Hall–Kier alpha value is -3.46. The Morgan fingerprint density at radius 2 is 1.83 bits per heavy atom. The van der Waals surface area contributed by atoms with Gasteiger partial charge in [-0.1, -0.05) is 18.2 Å². The van der Waals surface area contributed by atoms with Crippen LogP contribution in [0.1, 0.15) is 42.3 Å². The van der Waals surface area contributed by atoms with E-state index in [0.717, 1.165) is 17.7 Å². The second kappa shape index (κ2) is 9.30. The molecule has 2 aromatic carbocycles. The minimum absolute atomic E-state index is 0.134. The maximum atomic E-state index is 14.5. The average Bonchev–Trinajstić information content (AvgIpc) is 3.12.